The standard InChI is InChI=1S/C12H10Br2F3NO4/c1-22-10(20)8(18-11(21)12(15,16)17)4-5-2-6(13)9(19)7(14)3-5/h2-3,8,19H,4H2,1H3,(H,18,21)/t8-/m1/s1. The molecule has 0 unspecified atom stereocenters. The number of ether oxygens (including phenoxy) is 1. The summed E-state index contributed by atoms with van der Waals surface area (Å²) in [6.07, 6.45) is -5.35. The van der Waals surface area contributed by atoms with Crippen molar-refractivity contribution < 1.29 is 32.6 Å². The van der Waals surface area contributed by atoms with Gasteiger partial charge in [0.25, 0.3) is 0 Å². The Bertz CT molecular complexity index is 569. The van der Waals surface area contributed by atoms with Gasteiger partial charge in [-0.3, -0.25) is 4.79 Å². The summed E-state index contributed by atoms with van der Waals surface area (Å²) in [6.45, 7) is 0. The molecular formula is C12H10Br2F3NO4. The molecule has 0 heterocycles. The van der Waals surface area contributed by atoms with Gasteiger partial charge in [0.15, 0.2) is 0 Å². The van der Waals surface area contributed by atoms with E-state index in [9.17, 15) is 27.9 Å². The first kappa shape index (κ1) is 18.8. The maximum absolute atomic E-state index is 12.3. The largest absolute Gasteiger partial charge is 0.506 e. The molecule has 10 heteroatoms. The Morgan fingerprint density at radius 3 is 2.23 bits per heavy atom. The van der Waals surface area contributed by atoms with E-state index in [1.54, 1.807) is 5.32 Å². The molecule has 1 amide bonds. The lowest BCUT2D eigenvalue weighted by Crippen LogP contribution is -2.48. The van der Waals surface area contributed by atoms with Gasteiger partial charge in [-0.05, 0) is 49.6 Å². The van der Waals surface area contributed by atoms with Crippen LogP contribution in [0.5, 0.6) is 5.75 Å². The van der Waals surface area contributed by atoms with Gasteiger partial charge < -0.3 is 15.2 Å². The van der Waals surface area contributed by atoms with Gasteiger partial charge >= 0.3 is 18.1 Å². The lowest BCUT2D eigenvalue weighted by Gasteiger charge is -2.18. The van der Waals surface area contributed by atoms with Crippen molar-refractivity contribution in [3.63, 3.8) is 0 Å². The zero-order chi connectivity index (χ0) is 17.1. The first-order valence-corrected chi connectivity index (χ1v) is 7.27. The number of phenolic OH excluding ortho intramolecular Hbond substituents is 1. The minimum absolute atomic E-state index is 0.0994. The van der Waals surface area contributed by atoms with Gasteiger partial charge in [-0.15, -0.1) is 0 Å². The second-order valence-electron chi connectivity index (χ2n) is 4.16. The number of alkyl halides is 3. The second-order valence-corrected chi connectivity index (χ2v) is 5.87. The summed E-state index contributed by atoms with van der Waals surface area (Å²) >= 11 is 6.12. The summed E-state index contributed by atoms with van der Waals surface area (Å²) in [7, 11) is 0.998. The molecule has 0 aliphatic rings. The molecule has 22 heavy (non-hydrogen) atoms. The Labute approximate surface area is 140 Å². The fourth-order valence-electron chi connectivity index (χ4n) is 1.55. The SMILES string of the molecule is COC(=O)[C@@H](Cc1cc(Br)c(O)c(Br)c1)NC(=O)C(F)(F)F. The molecule has 1 aromatic carbocycles. The maximum Gasteiger partial charge on any atom is 0.471 e. The van der Waals surface area contributed by atoms with Gasteiger partial charge in [0, 0.05) is 6.42 Å². The van der Waals surface area contributed by atoms with Crippen LogP contribution in [0.4, 0.5) is 13.2 Å². The molecule has 2 N–H and O–H groups in total. The van der Waals surface area contributed by atoms with E-state index in [4.69, 9.17) is 0 Å². The molecular weight excluding hydrogens is 439 g/mol. The van der Waals surface area contributed by atoms with Gasteiger partial charge in [0.05, 0.1) is 16.1 Å². The van der Waals surface area contributed by atoms with Gasteiger partial charge in [0.2, 0.25) is 0 Å². The number of amides is 1. The predicted molar refractivity (Wildman–Crippen MR) is 77.2 cm³/mol. The molecule has 0 aromatic heterocycles. The van der Waals surface area contributed by atoms with Crippen molar-refractivity contribution in [1.82, 2.24) is 5.32 Å². The average Bonchev–Trinajstić information content (AvgIpc) is 2.41. The number of rotatable bonds is 4. The normalized spacial score (nSPS) is 12.6. The number of methoxy groups -OCH3 is 1. The summed E-state index contributed by atoms with van der Waals surface area (Å²) < 4.78 is 41.8. The highest BCUT2D eigenvalue weighted by Gasteiger charge is 2.41. The van der Waals surface area contributed by atoms with E-state index in [0.717, 1.165) is 7.11 Å². The summed E-state index contributed by atoms with van der Waals surface area (Å²) in [5.74, 6) is -3.35. The third-order valence-electron chi connectivity index (χ3n) is 2.56. The van der Waals surface area contributed by atoms with Gasteiger partial charge in [-0.1, -0.05) is 0 Å². The summed E-state index contributed by atoms with van der Waals surface area (Å²) in [5, 5.41) is 11.1. The monoisotopic (exact) mass is 447 g/mol. The number of hydrogen-bond acceptors (Lipinski definition) is 4. The zero-order valence-corrected chi connectivity index (χ0v) is 14.2. The minimum Gasteiger partial charge on any atom is -0.506 e. The van der Waals surface area contributed by atoms with E-state index in [0.29, 0.717) is 5.56 Å². The van der Waals surface area contributed by atoms with Gasteiger partial charge in [0.1, 0.15) is 11.8 Å². The molecule has 0 radical (unpaired) electrons. The van der Waals surface area contributed by atoms with E-state index < -0.39 is 24.1 Å². The molecule has 122 valence electrons. The van der Waals surface area contributed by atoms with E-state index >= 15 is 0 Å². The van der Waals surface area contributed by atoms with Crippen LogP contribution in [-0.2, 0) is 20.7 Å². The number of carbonyl (C=O) groups is 2. The Morgan fingerprint density at radius 1 is 1.32 bits per heavy atom. The lowest BCUT2D eigenvalue weighted by atomic mass is 10.1. The van der Waals surface area contributed by atoms with Crippen LogP contribution in [0.3, 0.4) is 0 Å². The smallest absolute Gasteiger partial charge is 0.471 e. The van der Waals surface area contributed by atoms with Crippen LogP contribution in [-0.4, -0.2) is 36.3 Å². The predicted octanol–water partition coefficient (Wildman–Crippen LogP) is 2.68. The number of nitrogens with one attached hydrogen (secondary N) is 1. The Kier molecular flexibility index (Phi) is 6.24. The topological polar surface area (TPSA) is 75.6 Å². The molecule has 5 nitrogen and oxygen atoms in total. The molecule has 1 rings (SSSR count). The summed E-state index contributed by atoms with van der Waals surface area (Å²) in [5.41, 5.74) is 0.398. The van der Waals surface area contributed by atoms with Crippen molar-refractivity contribution in [2.75, 3.05) is 7.11 Å². The molecule has 0 fully saturated rings. The van der Waals surface area contributed by atoms with Crippen LogP contribution in [0.15, 0.2) is 21.1 Å². The quantitative estimate of drug-likeness (QED) is 0.694. The fraction of sp³-hybridized carbons (Fsp3) is 0.333. The van der Waals surface area contributed by atoms with Crippen LogP contribution >= 0.6 is 31.9 Å². The third-order valence-corrected chi connectivity index (χ3v) is 3.77. The molecule has 0 aliphatic carbocycles. The Morgan fingerprint density at radius 2 is 1.82 bits per heavy atom. The second kappa shape index (κ2) is 7.32. The lowest BCUT2D eigenvalue weighted by molar-refractivity contribution is -0.175. The van der Waals surface area contributed by atoms with Crippen LogP contribution in [0.2, 0.25) is 0 Å². The highest BCUT2D eigenvalue weighted by Crippen LogP contribution is 2.33. The number of halogens is 5. The van der Waals surface area contributed by atoms with Crippen LogP contribution in [0.25, 0.3) is 0 Å². The number of aromatic hydroxyl groups is 1. The molecule has 1 atom stereocenters. The van der Waals surface area contributed by atoms with Crippen molar-refractivity contribution in [2.24, 2.45) is 0 Å². The number of phenols is 1. The van der Waals surface area contributed by atoms with E-state index in [1.807, 2.05) is 0 Å². The molecule has 0 saturated carbocycles. The number of benzene rings is 1. The van der Waals surface area contributed by atoms with Crippen molar-refractivity contribution in [3.8, 4) is 5.75 Å². The highest BCUT2D eigenvalue weighted by molar-refractivity contribution is 9.11. The zero-order valence-electron chi connectivity index (χ0n) is 11.0. The number of hydrogen-bond donors (Lipinski definition) is 2. The molecule has 0 spiro atoms. The fourth-order valence-corrected chi connectivity index (χ4v) is 2.83. The first-order chi connectivity index (χ1) is 10.1. The van der Waals surface area contributed by atoms with Crippen molar-refractivity contribution in [3.05, 3.63) is 26.6 Å². The highest BCUT2D eigenvalue weighted by atomic mass is 79.9. The minimum atomic E-state index is -5.11. The Hall–Kier alpha value is -1.29. The maximum atomic E-state index is 12.3. The van der Waals surface area contributed by atoms with E-state index in [1.165, 1.54) is 12.1 Å². The molecule has 0 aliphatic heterocycles. The van der Waals surface area contributed by atoms with Crippen LogP contribution in [0, 0.1) is 0 Å². The Balaban J connectivity index is 3.00. The van der Waals surface area contributed by atoms with Crippen LogP contribution in [0.1, 0.15) is 5.56 Å². The molecule has 1 aromatic rings. The summed E-state index contributed by atoms with van der Waals surface area (Å²) in [6, 6.07) is 1.31. The van der Waals surface area contributed by atoms with Gasteiger partial charge in [-0.2, -0.15) is 13.2 Å². The van der Waals surface area contributed by atoms with Gasteiger partial charge in [-0.25, -0.2) is 4.79 Å². The molecule has 0 bridgehead atoms. The number of carbonyl (C=O) groups excluding carboxylic acids is 2. The van der Waals surface area contributed by atoms with Crippen molar-refractivity contribution in [2.45, 2.75) is 18.6 Å². The number of esters is 1. The van der Waals surface area contributed by atoms with Crippen molar-refractivity contribution in [1.29, 1.82) is 0 Å². The average molecular weight is 449 g/mol. The van der Waals surface area contributed by atoms with E-state index in [2.05, 4.69) is 36.6 Å². The first-order valence-electron chi connectivity index (χ1n) is 5.68. The van der Waals surface area contributed by atoms with Crippen molar-refractivity contribution >= 4 is 43.7 Å². The molecule has 0 saturated heterocycles. The van der Waals surface area contributed by atoms with Crippen LogP contribution < -0.4 is 5.32 Å². The summed E-state index contributed by atoms with van der Waals surface area (Å²) in [4.78, 5) is 22.5. The third kappa shape index (κ3) is 4.87. The van der Waals surface area contributed by atoms with E-state index in [-0.39, 0.29) is 21.1 Å².